The van der Waals surface area contributed by atoms with Gasteiger partial charge in [-0.2, -0.15) is 0 Å². The van der Waals surface area contributed by atoms with Gasteiger partial charge in [0.05, 0.1) is 49.3 Å². The molecule has 0 aromatic heterocycles. The number of fused-ring (bicyclic) bond motifs is 1. The van der Waals surface area contributed by atoms with Gasteiger partial charge in [-0.15, -0.1) is 0 Å². The molecule has 0 fully saturated rings. The predicted octanol–water partition coefficient (Wildman–Crippen LogP) is 3.92. The molecule has 1 aliphatic rings. The standard InChI is InChI=1S/C24H24N2O7S/c1-30-16-8-10-20(22(14-16)31-2)25-24(27)18-6-3-4-7-19(18)26-34(28,29)17-9-11-21-23(15-17)33-13-5-12-32-21/h3-4,6-11,14-15,26H,5,12-13H2,1-2H3,(H,25,27). The van der Waals surface area contributed by atoms with E-state index in [1.54, 1.807) is 36.4 Å². The highest BCUT2D eigenvalue weighted by Gasteiger charge is 2.22. The van der Waals surface area contributed by atoms with Crippen molar-refractivity contribution >= 4 is 27.3 Å². The van der Waals surface area contributed by atoms with E-state index in [2.05, 4.69) is 10.0 Å². The molecule has 2 N–H and O–H groups in total. The van der Waals surface area contributed by atoms with Gasteiger partial charge < -0.3 is 24.3 Å². The first kappa shape index (κ1) is 23.2. The smallest absolute Gasteiger partial charge is 0.262 e. The molecule has 178 valence electrons. The summed E-state index contributed by atoms with van der Waals surface area (Å²) in [6, 6.07) is 15.7. The lowest BCUT2D eigenvalue weighted by Crippen LogP contribution is -2.19. The van der Waals surface area contributed by atoms with Gasteiger partial charge in [-0.25, -0.2) is 8.42 Å². The van der Waals surface area contributed by atoms with Crippen LogP contribution in [0.1, 0.15) is 16.8 Å². The Labute approximate surface area is 197 Å². The van der Waals surface area contributed by atoms with E-state index in [0.717, 1.165) is 0 Å². The van der Waals surface area contributed by atoms with Crippen LogP contribution in [0.4, 0.5) is 11.4 Å². The van der Waals surface area contributed by atoms with Crippen LogP contribution in [-0.4, -0.2) is 41.8 Å². The zero-order valence-electron chi connectivity index (χ0n) is 18.7. The monoisotopic (exact) mass is 484 g/mol. The van der Waals surface area contributed by atoms with Gasteiger partial charge >= 0.3 is 0 Å². The Kier molecular flexibility index (Phi) is 6.78. The Morgan fingerprint density at radius 1 is 0.882 bits per heavy atom. The van der Waals surface area contributed by atoms with Gasteiger partial charge in [0, 0.05) is 18.6 Å². The Morgan fingerprint density at radius 3 is 2.41 bits per heavy atom. The topological polar surface area (TPSA) is 112 Å². The molecule has 3 aromatic carbocycles. The Morgan fingerprint density at radius 2 is 1.65 bits per heavy atom. The zero-order valence-corrected chi connectivity index (χ0v) is 19.5. The number of hydrogen-bond acceptors (Lipinski definition) is 7. The van der Waals surface area contributed by atoms with E-state index in [4.69, 9.17) is 18.9 Å². The first-order valence-electron chi connectivity index (χ1n) is 10.5. The molecule has 1 amide bonds. The summed E-state index contributed by atoms with van der Waals surface area (Å²) >= 11 is 0. The summed E-state index contributed by atoms with van der Waals surface area (Å²) in [5, 5.41) is 2.75. The second-order valence-electron chi connectivity index (χ2n) is 7.33. The van der Waals surface area contributed by atoms with Crippen molar-refractivity contribution in [1.82, 2.24) is 0 Å². The number of sulfonamides is 1. The summed E-state index contributed by atoms with van der Waals surface area (Å²) in [6.45, 7) is 0.931. The van der Waals surface area contributed by atoms with Crippen molar-refractivity contribution in [3.05, 3.63) is 66.2 Å². The Bertz CT molecular complexity index is 1310. The van der Waals surface area contributed by atoms with Crippen molar-refractivity contribution in [2.45, 2.75) is 11.3 Å². The minimum atomic E-state index is -4.02. The van der Waals surface area contributed by atoms with Crippen molar-refractivity contribution in [2.24, 2.45) is 0 Å². The van der Waals surface area contributed by atoms with Crippen LogP contribution in [0.15, 0.2) is 65.6 Å². The van der Waals surface area contributed by atoms with E-state index < -0.39 is 15.9 Å². The van der Waals surface area contributed by atoms with Crippen LogP contribution in [-0.2, 0) is 10.0 Å². The van der Waals surface area contributed by atoms with E-state index in [-0.39, 0.29) is 16.1 Å². The van der Waals surface area contributed by atoms with E-state index in [0.29, 0.717) is 48.3 Å². The molecule has 9 nitrogen and oxygen atoms in total. The van der Waals surface area contributed by atoms with Crippen LogP contribution in [0.25, 0.3) is 0 Å². The predicted molar refractivity (Wildman–Crippen MR) is 127 cm³/mol. The Balaban J connectivity index is 1.59. The number of rotatable bonds is 7. The number of amides is 1. The summed E-state index contributed by atoms with van der Waals surface area (Å²) in [7, 11) is -1.02. The summed E-state index contributed by atoms with van der Waals surface area (Å²) in [4.78, 5) is 13.0. The number of nitrogens with one attached hydrogen (secondary N) is 2. The molecule has 0 atom stereocenters. The van der Waals surface area contributed by atoms with Crippen molar-refractivity contribution < 1.29 is 32.2 Å². The molecular weight excluding hydrogens is 460 g/mol. The molecule has 1 aliphatic heterocycles. The summed E-state index contributed by atoms with van der Waals surface area (Å²) < 4.78 is 50.4. The van der Waals surface area contributed by atoms with Crippen molar-refractivity contribution in [3.63, 3.8) is 0 Å². The lowest BCUT2D eigenvalue weighted by atomic mass is 10.1. The van der Waals surface area contributed by atoms with Gasteiger partial charge in [0.1, 0.15) is 11.5 Å². The summed E-state index contributed by atoms with van der Waals surface area (Å²) in [6.07, 6.45) is 0.705. The molecule has 0 bridgehead atoms. The van der Waals surface area contributed by atoms with Gasteiger partial charge in [-0.3, -0.25) is 9.52 Å². The first-order valence-corrected chi connectivity index (χ1v) is 11.9. The third-order valence-electron chi connectivity index (χ3n) is 5.10. The summed E-state index contributed by atoms with van der Waals surface area (Å²) in [5.41, 5.74) is 0.673. The third kappa shape index (κ3) is 5.01. The minimum Gasteiger partial charge on any atom is -0.497 e. The number of hydrogen-bond donors (Lipinski definition) is 2. The van der Waals surface area contributed by atoms with E-state index in [9.17, 15) is 13.2 Å². The number of para-hydroxylation sites is 1. The summed E-state index contributed by atoms with van der Waals surface area (Å²) in [5.74, 6) is 1.30. The average molecular weight is 485 g/mol. The van der Waals surface area contributed by atoms with Gasteiger partial charge in [0.15, 0.2) is 11.5 Å². The van der Waals surface area contributed by atoms with Gasteiger partial charge in [-0.05, 0) is 36.4 Å². The normalized spacial score (nSPS) is 12.9. The second kappa shape index (κ2) is 9.92. The molecule has 0 radical (unpaired) electrons. The van der Waals surface area contributed by atoms with Crippen LogP contribution in [0.3, 0.4) is 0 Å². The molecule has 0 spiro atoms. The van der Waals surface area contributed by atoms with Crippen LogP contribution < -0.4 is 29.0 Å². The highest BCUT2D eigenvalue weighted by molar-refractivity contribution is 7.92. The minimum absolute atomic E-state index is 0.0104. The second-order valence-corrected chi connectivity index (χ2v) is 9.01. The highest BCUT2D eigenvalue weighted by Crippen LogP contribution is 2.33. The molecule has 34 heavy (non-hydrogen) atoms. The number of carbonyl (C=O) groups is 1. The fourth-order valence-electron chi connectivity index (χ4n) is 3.38. The molecular formula is C24H24N2O7S. The average Bonchev–Trinajstić information content (AvgIpc) is 3.09. The molecule has 10 heteroatoms. The molecule has 3 aromatic rings. The maximum absolute atomic E-state index is 13.1. The lowest BCUT2D eigenvalue weighted by molar-refractivity contribution is 0.102. The van der Waals surface area contributed by atoms with Crippen molar-refractivity contribution in [2.75, 3.05) is 37.5 Å². The van der Waals surface area contributed by atoms with Crippen LogP contribution in [0.5, 0.6) is 23.0 Å². The van der Waals surface area contributed by atoms with Crippen LogP contribution in [0.2, 0.25) is 0 Å². The number of benzene rings is 3. The van der Waals surface area contributed by atoms with Crippen LogP contribution in [0, 0.1) is 0 Å². The largest absolute Gasteiger partial charge is 0.497 e. The maximum atomic E-state index is 13.1. The van der Waals surface area contributed by atoms with Crippen molar-refractivity contribution in [1.29, 1.82) is 0 Å². The van der Waals surface area contributed by atoms with Gasteiger partial charge in [-0.1, -0.05) is 12.1 Å². The highest BCUT2D eigenvalue weighted by atomic mass is 32.2. The Hall–Kier alpha value is -3.92. The van der Waals surface area contributed by atoms with E-state index in [1.807, 2.05) is 0 Å². The SMILES string of the molecule is COc1ccc(NC(=O)c2ccccc2NS(=O)(=O)c2ccc3c(c2)OCCCO3)c(OC)c1. The zero-order chi connectivity index (χ0) is 24.1. The fraction of sp³-hybridized carbons (Fsp3) is 0.208. The number of anilines is 2. The number of carbonyl (C=O) groups excluding carboxylic acids is 1. The molecule has 0 aliphatic carbocycles. The quantitative estimate of drug-likeness (QED) is 0.523. The maximum Gasteiger partial charge on any atom is 0.262 e. The molecule has 0 saturated carbocycles. The van der Waals surface area contributed by atoms with Gasteiger partial charge in [0.2, 0.25) is 0 Å². The number of methoxy groups -OCH3 is 2. The molecule has 1 heterocycles. The fourth-order valence-corrected chi connectivity index (χ4v) is 4.47. The van der Waals surface area contributed by atoms with Crippen molar-refractivity contribution in [3.8, 4) is 23.0 Å². The number of ether oxygens (including phenoxy) is 4. The molecule has 0 unspecified atom stereocenters. The lowest BCUT2D eigenvalue weighted by Gasteiger charge is -2.15. The third-order valence-corrected chi connectivity index (χ3v) is 6.47. The molecule has 0 saturated heterocycles. The van der Waals surface area contributed by atoms with Gasteiger partial charge in [0.25, 0.3) is 15.9 Å². The van der Waals surface area contributed by atoms with Crippen LogP contribution >= 0.6 is 0 Å². The first-order chi connectivity index (χ1) is 16.4. The van der Waals surface area contributed by atoms with E-state index >= 15 is 0 Å². The molecule has 4 rings (SSSR count). The van der Waals surface area contributed by atoms with E-state index in [1.165, 1.54) is 38.5 Å².